The number of aryl methyl sites for hydroxylation is 1. The molecule has 3 heterocycles. The SMILES string of the molecule is Cc1nc2ncc(-c3cc(NC(=O)c4cc(F)cc(C(F)(F)F)c4)c4c(c3)C(=O)NC4c3cc(F)ccc3Cl)cn2n1. The number of fused-ring (bicyclic) bond motifs is 2. The Hall–Kier alpha value is -4.91. The normalized spacial score (nSPS) is 14.6. The summed E-state index contributed by atoms with van der Waals surface area (Å²) in [5, 5.41) is 9.56. The van der Waals surface area contributed by atoms with Gasteiger partial charge in [0, 0.05) is 50.9 Å². The van der Waals surface area contributed by atoms with Gasteiger partial charge in [-0.05, 0) is 61.0 Å². The summed E-state index contributed by atoms with van der Waals surface area (Å²) in [4.78, 5) is 34.8. The van der Waals surface area contributed by atoms with Gasteiger partial charge in [-0.15, -0.1) is 0 Å². The smallest absolute Gasteiger partial charge is 0.341 e. The molecule has 212 valence electrons. The van der Waals surface area contributed by atoms with Gasteiger partial charge in [0.15, 0.2) is 0 Å². The Morgan fingerprint density at radius 2 is 1.83 bits per heavy atom. The molecule has 0 fully saturated rings. The van der Waals surface area contributed by atoms with E-state index in [2.05, 4.69) is 25.7 Å². The molecule has 0 aliphatic carbocycles. The summed E-state index contributed by atoms with van der Waals surface area (Å²) in [6, 6.07) is 6.95. The zero-order chi connectivity index (χ0) is 29.9. The van der Waals surface area contributed by atoms with E-state index in [0.29, 0.717) is 34.9 Å². The molecule has 3 aromatic carbocycles. The summed E-state index contributed by atoms with van der Waals surface area (Å²) in [6.07, 6.45) is -1.85. The molecule has 0 saturated heterocycles. The monoisotopic (exact) mass is 598 g/mol. The Morgan fingerprint density at radius 1 is 1.05 bits per heavy atom. The molecule has 0 bridgehead atoms. The Labute approximate surface area is 238 Å². The van der Waals surface area contributed by atoms with Gasteiger partial charge < -0.3 is 10.6 Å². The second-order valence-electron chi connectivity index (χ2n) is 9.48. The second-order valence-corrected chi connectivity index (χ2v) is 9.89. The first-order valence-corrected chi connectivity index (χ1v) is 12.6. The maximum atomic E-state index is 14.2. The lowest BCUT2D eigenvalue weighted by Gasteiger charge is -2.19. The number of hydrogen-bond donors (Lipinski definition) is 2. The number of benzene rings is 3. The zero-order valence-electron chi connectivity index (χ0n) is 21.2. The standard InChI is InChI=1S/C28H16ClF5N6O2/c1-12-36-27-35-10-15(11-40(27)39-12)13-6-20-23(24(38-26(20)42)19-9-17(30)2-3-21(19)29)22(7-13)37-25(41)14-4-16(28(32,33)34)8-18(31)5-14/h2-11,24H,1H3,(H,37,41)(H,38,42). The third kappa shape index (κ3) is 4.91. The van der Waals surface area contributed by atoms with Crippen molar-refractivity contribution in [1.29, 1.82) is 0 Å². The summed E-state index contributed by atoms with van der Waals surface area (Å²) in [6.45, 7) is 1.68. The number of nitrogens with zero attached hydrogens (tertiary/aromatic N) is 4. The van der Waals surface area contributed by atoms with Crippen LogP contribution in [0.2, 0.25) is 5.02 Å². The van der Waals surface area contributed by atoms with Crippen molar-refractivity contribution in [1.82, 2.24) is 24.9 Å². The van der Waals surface area contributed by atoms with Gasteiger partial charge in [0.1, 0.15) is 17.5 Å². The molecule has 2 amide bonds. The Bertz CT molecular complexity index is 1940. The molecule has 2 N–H and O–H groups in total. The van der Waals surface area contributed by atoms with E-state index in [-0.39, 0.29) is 33.5 Å². The van der Waals surface area contributed by atoms with Crippen molar-refractivity contribution in [2.45, 2.75) is 19.1 Å². The minimum absolute atomic E-state index is 0.0103. The largest absolute Gasteiger partial charge is 0.416 e. The Kier molecular flexibility index (Phi) is 6.41. The maximum Gasteiger partial charge on any atom is 0.416 e. The lowest BCUT2D eigenvalue weighted by molar-refractivity contribution is -0.137. The number of alkyl halides is 3. The van der Waals surface area contributed by atoms with Crippen LogP contribution in [-0.4, -0.2) is 31.4 Å². The van der Waals surface area contributed by atoms with Crippen molar-refractivity contribution in [3.05, 3.63) is 111 Å². The number of anilines is 1. The van der Waals surface area contributed by atoms with Crippen LogP contribution in [0.5, 0.6) is 0 Å². The van der Waals surface area contributed by atoms with E-state index in [9.17, 15) is 31.5 Å². The summed E-state index contributed by atoms with van der Waals surface area (Å²) >= 11 is 6.33. The van der Waals surface area contributed by atoms with Gasteiger partial charge in [0.05, 0.1) is 11.6 Å². The highest BCUT2D eigenvalue weighted by molar-refractivity contribution is 6.31. The average Bonchev–Trinajstić information content (AvgIpc) is 3.47. The number of amides is 2. The molecule has 5 aromatic rings. The topological polar surface area (TPSA) is 101 Å². The summed E-state index contributed by atoms with van der Waals surface area (Å²) < 4.78 is 69.7. The van der Waals surface area contributed by atoms with Crippen LogP contribution in [0, 0.1) is 18.6 Å². The van der Waals surface area contributed by atoms with Crippen molar-refractivity contribution in [2.24, 2.45) is 0 Å². The lowest BCUT2D eigenvalue weighted by atomic mass is 9.93. The van der Waals surface area contributed by atoms with Gasteiger partial charge >= 0.3 is 6.18 Å². The minimum Gasteiger partial charge on any atom is -0.341 e. The van der Waals surface area contributed by atoms with Crippen LogP contribution >= 0.6 is 11.6 Å². The first-order chi connectivity index (χ1) is 19.9. The molecular weight excluding hydrogens is 583 g/mol. The van der Waals surface area contributed by atoms with Gasteiger partial charge in [-0.25, -0.2) is 18.3 Å². The fourth-order valence-electron chi connectivity index (χ4n) is 4.79. The van der Waals surface area contributed by atoms with Crippen molar-refractivity contribution in [3.8, 4) is 11.1 Å². The van der Waals surface area contributed by atoms with E-state index < -0.39 is 46.8 Å². The molecule has 0 spiro atoms. The number of halogens is 6. The third-order valence-electron chi connectivity index (χ3n) is 6.63. The highest BCUT2D eigenvalue weighted by atomic mass is 35.5. The minimum atomic E-state index is -4.90. The van der Waals surface area contributed by atoms with Crippen molar-refractivity contribution < 1.29 is 31.5 Å². The molecular formula is C28H16ClF5N6O2. The number of aromatic nitrogens is 4. The van der Waals surface area contributed by atoms with Crippen LogP contribution in [-0.2, 0) is 6.18 Å². The fourth-order valence-corrected chi connectivity index (χ4v) is 5.01. The molecule has 1 unspecified atom stereocenters. The number of carbonyl (C=O) groups is 2. The summed E-state index contributed by atoms with van der Waals surface area (Å²) in [7, 11) is 0. The van der Waals surface area contributed by atoms with Gasteiger partial charge in [0.25, 0.3) is 17.6 Å². The molecule has 2 aromatic heterocycles. The quantitative estimate of drug-likeness (QED) is 0.242. The molecule has 1 aliphatic heterocycles. The maximum absolute atomic E-state index is 14.2. The summed E-state index contributed by atoms with van der Waals surface area (Å²) in [5.41, 5.74) is -0.697. The van der Waals surface area contributed by atoms with Gasteiger partial charge in [-0.3, -0.25) is 9.59 Å². The van der Waals surface area contributed by atoms with Crippen LogP contribution in [0.15, 0.2) is 60.9 Å². The first-order valence-electron chi connectivity index (χ1n) is 12.2. The van der Waals surface area contributed by atoms with Crippen molar-refractivity contribution >= 4 is 34.9 Å². The average molecular weight is 599 g/mol. The van der Waals surface area contributed by atoms with Gasteiger partial charge in [0.2, 0.25) is 0 Å². The van der Waals surface area contributed by atoms with E-state index in [1.54, 1.807) is 13.1 Å². The lowest BCUT2D eigenvalue weighted by Crippen LogP contribution is -2.21. The molecule has 0 saturated carbocycles. The van der Waals surface area contributed by atoms with Gasteiger partial charge in [-0.1, -0.05) is 11.6 Å². The third-order valence-corrected chi connectivity index (χ3v) is 6.97. The highest BCUT2D eigenvalue weighted by Crippen LogP contribution is 2.42. The van der Waals surface area contributed by atoms with Crippen LogP contribution in [0.1, 0.15) is 49.3 Å². The fraction of sp³-hybridized carbons (Fsp3) is 0.107. The van der Waals surface area contributed by atoms with E-state index >= 15 is 0 Å². The van der Waals surface area contributed by atoms with E-state index in [1.807, 2.05) is 0 Å². The molecule has 1 aliphatic rings. The number of carbonyl (C=O) groups excluding carboxylic acids is 2. The zero-order valence-corrected chi connectivity index (χ0v) is 22.0. The Morgan fingerprint density at radius 3 is 2.60 bits per heavy atom. The molecule has 1 atom stereocenters. The van der Waals surface area contributed by atoms with E-state index in [4.69, 9.17) is 11.6 Å². The number of nitrogens with one attached hydrogen (secondary N) is 2. The summed E-state index contributed by atoms with van der Waals surface area (Å²) in [5.74, 6) is -2.79. The predicted molar refractivity (Wildman–Crippen MR) is 141 cm³/mol. The van der Waals surface area contributed by atoms with E-state index in [0.717, 1.165) is 12.1 Å². The molecule has 0 radical (unpaired) electrons. The van der Waals surface area contributed by atoms with Crippen LogP contribution in [0.4, 0.5) is 27.6 Å². The van der Waals surface area contributed by atoms with Crippen molar-refractivity contribution in [3.63, 3.8) is 0 Å². The van der Waals surface area contributed by atoms with Crippen LogP contribution < -0.4 is 10.6 Å². The van der Waals surface area contributed by atoms with Gasteiger partial charge in [-0.2, -0.15) is 23.3 Å². The molecule has 8 nitrogen and oxygen atoms in total. The van der Waals surface area contributed by atoms with Crippen molar-refractivity contribution in [2.75, 3.05) is 5.32 Å². The molecule has 42 heavy (non-hydrogen) atoms. The number of hydrogen-bond acceptors (Lipinski definition) is 5. The second kappa shape index (κ2) is 9.87. The number of rotatable bonds is 4. The molecule has 6 rings (SSSR count). The highest BCUT2D eigenvalue weighted by Gasteiger charge is 2.36. The van der Waals surface area contributed by atoms with E-state index in [1.165, 1.54) is 28.9 Å². The molecule has 14 heteroatoms. The predicted octanol–water partition coefficient (Wildman–Crippen LogP) is 6.14. The van der Waals surface area contributed by atoms with Crippen LogP contribution in [0.25, 0.3) is 16.9 Å². The van der Waals surface area contributed by atoms with Crippen LogP contribution in [0.3, 0.4) is 0 Å². The Balaban J connectivity index is 1.51. The first kappa shape index (κ1) is 27.3.